The van der Waals surface area contributed by atoms with E-state index in [0.717, 1.165) is 75.3 Å². The molecule has 1 unspecified atom stereocenters. The van der Waals surface area contributed by atoms with Gasteiger partial charge in [0.1, 0.15) is 31.1 Å². The summed E-state index contributed by atoms with van der Waals surface area (Å²) in [6, 6.07) is 0. The highest BCUT2D eigenvalue weighted by molar-refractivity contribution is 5.99. The first kappa shape index (κ1) is 68.7. The van der Waals surface area contributed by atoms with Gasteiger partial charge in [0, 0.05) is 43.2 Å². The van der Waals surface area contributed by atoms with Crippen molar-refractivity contribution in [3.63, 3.8) is 0 Å². The van der Waals surface area contributed by atoms with Gasteiger partial charge >= 0.3 is 35.8 Å². The highest BCUT2D eigenvalue weighted by atomic mass is 16.6. The summed E-state index contributed by atoms with van der Waals surface area (Å²) in [5.41, 5.74) is 3.13. The summed E-state index contributed by atoms with van der Waals surface area (Å²) < 4.78 is 38.9. The van der Waals surface area contributed by atoms with Crippen LogP contribution in [-0.4, -0.2) is 69.4 Å². The van der Waals surface area contributed by atoms with E-state index in [9.17, 15) is 28.8 Å². The van der Waals surface area contributed by atoms with E-state index in [-0.39, 0.29) is 74.2 Å². The molecule has 0 saturated heterocycles. The number of ether oxygens (including phenoxy) is 7. The Labute approximate surface area is 466 Å². The van der Waals surface area contributed by atoms with Gasteiger partial charge < -0.3 is 33.2 Å². The summed E-state index contributed by atoms with van der Waals surface area (Å²) >= 11 is 0. The molecule has 1 aromatic carbocycles. The molecule has 0 radical (unpaired) electrons. The Bertz CT molecular complexity index is 1810. The number of benzene rings is 1. The van der Waals surface area contributed by atoms with Gasteiger partial charge in [-0.3, -0.25) is 24.0 Å². The molecule has 77 heavy (non-hydrogen) atoms. The van der Waals surface area contributed by atoms with Crippen molar-refractivity contribution in [2.75, 3.05) is 27.4 Å². The van der Waals surface area contributed by atoms with Crippen molar-refractivity contribution in [3.05, 3.63) is 33.9 Å². The molecule has 440 valence electrons. The van der Waals surface area contributed by atoms with Crippen molar-refractivity contribution in [2.45, 2.75) is 291 Å². The Morgan fingerprint density at radius 1 is 0.545 bits per heavy atom. The summed E-state index contributed by atoms with van der Waals surface area (Å²) in [6.45, 7) is 10.00. The normalized spacial score (nSPS) is 12.6. The third-order valence-electron chi connectivity index (χ3n) is 14.9. The minimum Gasteiger partial charge on any atom is -0.496 e. The zero-order valence-electron chi connectivity index (χ0n) is 49.5. The number of hydrogen-bond acceptors (Lipinski definition) is 13. The Balaban J connectivity index is 1.82. The van der Waals surface area contributed by atoms with Gasteiger partial charge in [0.15, 0.2) is 11.9 Å². The van der Waals surface area contributed by atoms with Crippen LogP contribution in [0.4, 0.5) is 0 Å². The lowest BCUT2D eigenvalue weighted by atomic mass is 9.94. The summed E-state index contributed by atoms with van der Waals surface area (Å²) in [4.78, 5) is 76.8. The van der Waals surface area contributed by atoms with Gasteiger partial charge in [0.2, 0.25) is 0 Å². The molecule has 1 aliphatic heterocycles. The van der Waals surface area contributed by atoms with E-state index >= 15 is 0 Å². The van der Waals surface area contributed by atoms with Gasteiger partial charge in [-0.1, -0.05) is 212 Å². The molecule has 0 bridgehead atoms. The second-order valence-corrected chi connectivity index (χ2v) is 21.9. The first-order valence-electron chi connectivity index (χ1n) is 30.7. The monoisotopic (exact) mass is 1080 g/mol. The predicted octanol–water partition coefficient (Wildman–Crippen LogP) is 16.3. The Hall–Kier alpha value is -4.42. The molecule has 0 amide bonds. The van der Waals surface area contributed by atoms with Crippen molar-refractivity contribution >= 4 is 35.8 Å². The second kappa shape index (κ2) is 44.4. The minimum absolute atomic E-state index is 0.0132. The Kier molecular flexibility index (Phi) is 39.6. The smallest absolute Gasteiger partial charge is 0.342 e. The second-order valence-electron chi connectivity index (χ2n) is 21.9. The van der Waals surface area contributed by atoms with E-state index in [1.54, 1.807) is 0 Å². The van der Waals surface area contributed by atoms with E-state index in [1.165, 1.54) is 143 Å². The number of methoxy groups -OCH3 is 2. The van der Waals surface area contributed by atoms with Crippen LogP contribution in [0.3, 0.4) is 0 Å². The van der Waals surface area contributed by atoms with E-state index < -0.39 is 24.0 Å². The van der Waals surface area contributed by atoms with Crippen LogP contribution in [0.1, 0.15) is 292 Å². The topological polar surface area (TPSA) is 167 Å². The molecule has 0 aromatic heterocycles. The van der Waals surface area contributed by atoms with E-state index in [4.69, 9.17) is 33.2 Å². The lowest BCUT2D eigenvalue weighted by Crippen LogP contribution is -2.31. The molecule has 1 heterocycles. The van der Waals surface area contributed by atoms with Crippen LogP contribution in [0.5, 0.6) is 11.5 Å². The lowest BCUT2D eigenvalue weighted by Gasteiger charge is -2.19. The number of rotatable bonds is 49. The van der Waals surface area contributed by atoms with Crippen LogP contribution in [0.15, 0.2) is 11.6 Å². The standard InChI is InChI=1S/C64H106O13/c1-8-10-12-14-16-18-20-22-24-26-28-30-35-39-57(66)73-47-53(48-74-58(67)40-36-31-29-27-25-23-21-19-17-15-13-11-9-2)76-60(69)46-51(4)38-34-32-33-37-41-59(68)77-63-54(44-42-50(3)43-45-56(65)71-6)62(72-7)52(5)55-49-75-64(70)61(55)63/h42,51,53H,8-41,43-49H2,1-7H3/b50-42+. The van der Waals surface area contributed by atoms with E-state index in [0.29, 0.717) is 49.0 Å². The van der Waals surface area contributed by atoms with Gasteiger partial charge in [-0.05, 0) is 57.4 Å². The van der Waals surface area contributed by atoms with Gasteiger partial charge in [-0.2, -0.15) is 0 Å². The molecule has 0 N–H and O–H groups in total. The lowest BCUT2D eigenvalue weighted by molar-refractivity contribution is -0.167. The average molecular weight is 1080 g/mol. The van der Waals surface area contributed by atoms with E-state index in [2.05, 4.69) is 13.8 Å². The molecule has 13 heteroatoms. The summed E-state index contributed by atoms with van der Waals surface area (Å²) in [6.07, 6.45) is 38.5. The average Bonchev–Trinajstić information content (AvgIpc) is 3.85. The number of carbonyl (C=O) groups is 6. The maximum absolute atomic E-state index is 13.3. The molecule has 0 fully saturated rings. The van der Waals surface area contributed by atoms with Crippen molar-refractivity contribution < 1.29 is 61.9 Å². The largest absolute Gasteiger partial charge is 0.496 e. The maximum Gasteiger partial charge on any atom is 0.342 e. The number of hydrogen-bond donors (Lipinski definition) is 0. The van der Waals surface area contributed by atoms with E-state index in [1.807, 2.05) is 26.8 Å². The predicted molar refractivity (Wildman–Crippen MR) is 305 cm³/mol. The first-order valence-corrected chi connectivity index (χ1v) is 30.7. The molecular weight excluding hydrogens is 977 g/mol. The molecule has 13 nitrogen and oxygen atoms in total. The molecular formula is C64H106O13. The number of carbonyl (C=O) groups excluding carboxylic acids is 6. The minimum atomic E-state index is -0.886. The number of cyclic esters (lactones) is 1. The van der Waals surface area contributed by atoms with Crippen LogP contribution in [0, 0.1) is 12.8 Å². The van der Waals surface area contributed by atoms with Crippen LogP contribution in [0.2, 0.25) is 0 Å². The van der Waals surface area contributed by atoms with Crippen LogP contribution < -0.4 is 9.47 Å². The number of esters is 6. The summed E-state index contributed by atoms with van der Waals surface area (Å²) in [5, 5.41) is 0. The van der Waals surface area contributed by atoms with Gasteiger partial charge in [0.25, 0.3) is 0 Å². The third kappa shape index (κ3) is 32.3. The van der Waals surface area contributed by atoms with Gasteiger partial charge in [0.05, 0.1) is 14.2 Å². The highest BCUT2D eigenvalue weighted by Crippen LogP contribution is 2.43. The van der Waals surface area contributed by atoms with Crippen molar-refractivity contribution in [2.24, 2.45) is 5.92 Å². The zero-order chi connectivity index (χ0) is 56.3. The van der Waals surface area contributed by atoms with Gasteiger partial charge in [-0.25, -0.2) is 4.79 Å². The maximum atomic E-state index is 13.3. The fourth-order valence-corrected chi connectivity index (χ4v) is 10.0. The summed E-state index contributed by atoms with van der Waals surface area (Å²) in [5.74, 6) is -1.74. The molecule has 1 aliphatic rings. The highest BCUT2D eigenvalue weighted by Gasteiger charge is 2.34. The van der Waals surface area contributed by atoms with Crippen molar-refractivity contribution in [1.29, 1.82) is 0 Å². The number of allylic oxidation sites excluding steroid dienone is 2. The fraction of sp³-hybridized carbons (Fsp3) is 0.781. The van der Waals surface area contributed by atoms with Crippen molar-refractivity contribution in [1.82, 2.24) is 0 Å². The molecule has 1 aromatic rings. The third-order valence-corrected chi connectivity index (χ3v) is 14.9. The first-order chi connectivity index (χ1) is 37.3. The number of fused-ring (bicyclic) bond motifs is 1. The Morgan fingerprint density at radius 2 is 0.987 bits per heavy atom. The van der Waals surface area contributed by atoms with Gasteiger partial charge in [-0.15, -0.1) is 0 Å². The Morgan fingerprint density at radius 3 is 1.44 bits per heavy atom. The fourth-order valence-electron chi connectivity index (χ4n) is 10.0. The molecule has 0 aliphatic carbocycles. The SMILES string of the molecule is CCCCCCCCCCCCCCCC(=O)OCC(COC(=O)CCCCCCCCCCCCCCC)OC(=O)CC(C)CCCCCCC(=O)Oc1c(C/C=C(\C)CCC(=O)OC)c(OC)c(C)c2c1C(=O)OC2. The zero-order valence-corrected chi connectivity index (χ0v) is 49.5. The van der Waals surface area contributed by atoms with Crippen LogP contribution >= 0.6 is 0 Å². The molecule has 0 saturated carbocycles. The quantitative estimate of drug-likeness (QED) is 0.0199. The summed E-state index contributed by atoms with van der Waals surface area (Å²) in [7, 11) is 2.89. The molecule has 0 spiro atoms. The molecule has 2 rings (SSSR count). The van der Waals surface area contributed by atoms with Crippen LogP contribution in [-0.2, 0) is 60.7 Å². The molecule has 1 atom stereocenters. The van der Waals surface area contributed by atoms with Crippen LogP contribution in [0.25, 0.3) is 0 Å². The number of unbranched alkanes of at least 4 members (excludes halogenated alkanes) is 27. The van der Waals surface area contributed by atoms with Crippen molar-refractivity contribution in [3.8, 4) is 11.5 Å².